The first kappa shape index (κ1) is 14.8. The van der Waals surface area contributed by atoms with Crippen LogP contribution in [0.5, 0.6) is 0 Å². The van der Waals surface area contributed by atoms with Gasteiger partial charge in [-0.15, -0.1) is 10.2 Å². The topological polar surface area (TPSA) is 49.3 Å². The molecule has 3 heterocycles. The number of nitrogens with zero attached hydrogens (tertiary/aromatic N) is 4. The first-order valence-corrected chi connectivity index (χ1v) is 8.64. The van der Waals surface area contributed by atoms with Gasteiger partial charge in [-0.2, -0.15) is 0 Å². The molecule has 2 saturated heterocycles. The van der Waals surface area contributed by atoms with Gasteiger partial charge in [0.2, 0.25) is 11.0 Å². The molecule has 21 heavy (non-hydrogen) atoms. The third kappa shape index (κ3) is 3.05. The zero-order chi connectivity index (χ0) is 15.0. The fourth-order valence-corrected chi connectivity index (χ4v) is 3.92. The van der Waals surface area contributed by atoms with E-state index in [1.165, 1.54) is 0 Å². The minimum atomic E-state index is 0.0421. The van der Waals surface area contributed by atoms with Crippen molar-refractivity contribution in [2.75, 3.05) is 31.1 Å². The van der Waals surface area contributed by atoms with Crippen molar-refractivity contribution in [3.8, 4) is 0 Å². The summed E-state index contributed by atoms with van der Waals surface area (Å²) in [7, 11) is 0. The highest BCUT2D eigenvalue weighted by atomic mass is 32.1. The van der Waals surface area contributed by atoms with Gasteiger partial charge in [0.1, 0.15) is 5.01 Å². The van der Waals surface area contributed by atoms with Gasteiger partial charge in [0.15, 0.2) is 0 Å². The molecule has 0 aromatic carbocycles. The second-order valence-corrected chi connectivity index (χ2v) is 8.06. The highest BCUT2D eigenvalue weighted by molar-refractivity contribution is 7.15. The van der Waals surface area contributed by atoms with E-state index in [4.69, 9.17) is 0 Å². The summed E-state index contributed by atoms with van der Waals surface area (Å²) in [5, 5.41) is 10.7. The van der Waals surface area contributed by atoms with Crippen LogP contribution in [-0.2, 0) is 10.2 Å². The third-order valence-corrected chi connectivity index (χ3v) is 5.69. The molecule has 6 heteroatoms. The lowest BCUT2D eigenvalue weighted by Crippen LogP contribution is -2.35. The number of carbonyl (C=O) groups is 1. The standard InChI is InChI=1S/C15H24N4OS/c1-15(2,3)13-16-17-14(21-13)19-9-6-11(10-19)12(20)18-7-4-5-8-18/h11H,4-10H2,1-3H3. The molecule has 2 aliphatic heterocycles. The lowest BCUT2D eigenvalue weighted by atomic mass is 9.98. The largest absolute Gasteiger partial charge is 0.346 e. The summed E-state index contributed by atoms with van der Waals surface area (Å²) in [6, 6.07) is 0. The fourth-order valence-electron chi connectivity index (χ4n) is 2.98. The van der Waals surface area contributed by atoms with E-state index in [1.54, 1.807) is 11.3 Å². The highest BCUT2D eigenvalue weighted by Crippen LogP contribution is 2.32. The van der Waals surface area contributed by atoms with E-state index < -0.39 is 0 Å². The minimum Gasteiger partial charge on any atom is -0.346 e. The molecule has 1 unspecified atom stereocenters. The van der Waals surface area contributed by atoms with Crippen molar-refractivity contribution in [3.63, 3.8) is 0 Å². The van der Waals surface area contributed by atoms with Crippen LogP contribution in [-0.4, -0.2) is 47.2 Å². The molecule has 0 bridgehead atoms. The van der Waals surface area contributed by atoms with Crippen molar-refractivity contribution < 1.29 is 4.79 Å². The average Bonchev–Trinajstić information content (AvgIpc) is 3.17. The van der Waals surface area contributed by atoms with Crippen molar-refractivity contribution in [1.82, 2.24) is 15.1 Å². The summed E-state index contributed by atoms with van der Waals surface area (Å²) < 4.78 is 0. The molecule has 1 aromatic rings. The summed E-state index contributed by atoms with van der Waals surface area (Å²) in [4.78, 5) is 16.7. The summed E-state index contributed by atoms with van der Waals surface area (Å²) in [6.45, 7) is 10.1. The molecule has 2 aliphatic rings. The van der Waals surface area contributed by atoms with Crippen LogP contribution in [0.15, 0.2) is 0 Å². The number of hydrogen-bond acceptors (Lipinski definition) is 5. The van der Waals surface area contributed by atoms with Crippen LogP contribution in [0.3, 0.4) is 0 Å². The highest BCUT2D eigenvalue weighted by Gasteiger charge is 2.34. The molecular weight excluding hydrogens is 284 g/mol. The van der Waals surface area contributed by atoms with Crippen LogP contribution in [0.4, 0.5) is 5.13 Å². The lowest BCUT2D eigenvalue weighted by Gasteiger charge is -2.20. The Morgan fingerprint density at radius 1 is 1.19 bits per heavy atom. The van der Waals surface area contributed by atoms with E-state index in [9.17, 15) is 4.79 Å². The van der Waals surface area contributed by atoms with Crippen molar-refractivity contribution in [1.29, 1.82) is 0 Å². The summed E-state index contributed by atoms with van der Waals surface area (Å²) in [5.74, 6) is 0.487. The smallest absolute Gasteiger partial charge is 0.227 e. The Labute approximate surface area is 130 Å². The third-order valence-electron chi connectivity index (χ3n) is 4.28. The van der Waals surface area contributed by atoms with E-state index in [0.29, 0.717) is 5.91 Å². The molecule has 0 saturated carbocycles. The predicted octanol–water partition coefficient (Wildman–Crippen LogP) is 2.28. The van der Waals surface area contributed by atoms with Gasteiger partial charge in [-0.3, -0.25) is 4.79 Å². The second kappa shape index (κ2) is 5.55. The number of rotatable bonds is 2. The Morgan fingerprint density at radius 3 is 2.52 bits per heavy atom. The van der Waals surface area contributed by atoms with E-state index >= 15 is 0 Å². The molecule has 5 nitrogen and oxygen atoms in total. The van der Waals surface area contributed by atoms with Gasteiger partial charge in [-0.25, -0.2) is 0 Å². The monoisotopic (exact) mass is 308 g/mol. The number of likely N-dealkylation sites (tertiary alicyclic amines) is 1. The number of amides is 1. The number of hydrogen-bond donors (Lipinski definition) is 0. The van der Waals surface area contributed by atoms with Crippen LogP contribution in [0.1, 0.15) is 45.0 Å². The Bertz CT molecular complexity index is 516. The van der Waals surface area contributed by atoms with Gasteiger partial charge in [0.25, 0.3) is 0 Å². The molecule has 2 fully saturated rings. The predicted molar refractivity (Wildman–Crippen MR) is 84.7 cm³/mol. The number of carbonyl (C=O) groups excluding carboxylic acids is 1. The van der Waals surface area contributed by atoms with Crippen molar-refractivity contribution >= 4 is 22.4 Å². The molecule has 1 atom stereocenters. The summed E-state index contributed by atoms with van der Waals surface area (Å²) in [6.07, 6.45) is 3.26. The van der Waals surface area contributed by atoms with Gasteiger partial charge < -0.3 is 9.80 Å². The van der Waals surface area contributed by atoms with Crippen molar-refractivity contribution in [2.24, 2.45) is 5.92 Å². The summed E-state index contributed by atoms with van der Waals surface area (Å²) in [5.41, 5.74) is 0.0421. The van der Waals surface area contributed by atoms with Crippen LogP contribution >= 0.6 is 11.3 Å². The van der Waals surface area contributed by atoms with Gasteiger partial charge in [-0.1, -0.05) is 32.1 Å². The van der Waals surface area contributed by atoms with Gasteiger partial charge in [0.05, 0.1) is 5.92 Å². The van der Waals surface area contributed by atoms with Crippen LogP contribution in [0, 0.1) is 5.92 Å². The molecular formula is C15H24N4OS. The van der Waals surface area contributed by atoms with E-state index in [0.717, 1.165) is 55.6 Å². The quantitative estimate of drug-likeness (QED) is 0.841. The number of anilines is 1. The SMILES string of the molecule is CC(C)(C)c1nnc(N2CCC(C(=O)N3CCCC3)C2)s1. The van der Waals surface area contributed by atoms with Gasteiger partial charge in [-0.05, 0) is 19.3 Å². The van der Waals surface area contributed by atoms with Gasteiger partial charge in [0, 0.05) is 31.6 Å². The molecule has 0 spiro atoms. The molecule has 1 amide bonds. The van der Waals surface area contributed by atoms with Crippen LogP contribution in [0.2, 0.25) is 0 Å². The molecule has 0 N–H and O–H groups in total. The second-order valence-electron chi connectivity index (χ2n) is 7.10. The van der Waals surface area contributed by atoms with Crippen molar-refractivity contribution in [2.45, 2.75) is 45.4 Å². The molecule has 3 rings (SSSR count). The zero-order valence-electron chi connectivity index (χ0n) is 13.1. The maximum atomic E-state index is 12.5. The maximum Gasteiger partial charge on any atom is 0.227 e. The van der Waals surface area contributed by atoms with E-state index in [-0.39, 0.29) is 11.3 Å². The zero-order valence-corrected chi connectivity index (χ0v) is 13.9. The van der Waals surface area contributed by atoms with Crippen LogP contribution in [0.25, 0.3) is 0 Å². The number of aromatic nitrogens is 2. The lowest BCUT2D eigenvalue weighted by molar-refractivity contribution is -0.133. The Kier molecular flexibility index (Phi) is 3.90. The molecule has 0 aliphatic carbocycles. The molecule has 1 aromatic heterocycles. The summed E-state index contributed by atoms with van der Waals surface area (Å²) >= 11 is 1.66. The normalized spacial score (nSPS) is 23.1. The Hall–Kier alpha value is -1.17. The maximum absolute atomic E-state index is 12.5. The van der Waals surface area contributed by atoms with E-state index in [1.807, 2.05) is 4.90 Å². The first-order chi connectivity index (χ1) is 9.95. The Balaban J connectivity index is 1.64. The fraction of sp³-hybridized carbons (Fsp3) is 0.800. The Morgan fingerprint density at radius 2 is 1.90 bits per heavy atom. The van der Waals surface area contributed by atoms with Crippen LogP contribution < -0.4 is 4.90 Å². The van der Waals surface area contributed by atoms with Gasteiger partial charge >= 0.3 is 0 Å². The molecule has 0 radical (unpaired) electrons. The average molecular weight is 308 g/mol. The first-order valence-electron chi connectivity index (χ1n) is 7.83. The van der Waals surface area contributed by atoms with Crippen molar-refractivity contribution in [3.05, 3.63) is 5.01 Å². The minimum absolute atomic E-state index is 0.0421. The molecule has 116 valence electrons. The van der Waals surface area contributed by atoms with E-state index in [2.05, 4.69) is 35.9 Å².